The average Bonchev–Trinajstić information content (AvgIpc) is 2.62. The van der Waals surface area contributed by atoms with Crippen LogP contribution in [0.25, 0.3) is 0 Å². The summed E-state index contributed by atoms with van der Waals surface area (Å²) in [5.74, 6) is 1.59. The van der Waals surface area contributed by atoms with Gasteiger partial charge >= 0.3 is 0 Å². The monoisotopic (exact) mass is 387 g/mol. The third-order valence-electron chi connectivity index (χ3n) is 3.68. The first-order valence-electron chi connectivity index (χ1n) is 8.90. The summed E-state index contributed by atoms with van der Waals surface area (Å²) in [6.07, 6.45) is 4.47. The van der Waals surface area contributed by atoms with Crippen LogP contribution in [0.4, 0.5) is 10.1 Å². The largest absolute Gasteiger partial charge is 0.242 e. The van der Waals surface area contributed by atoms with Crippen LogP contribution in [0.15, 0.2) is 69.9 Å². The van der Waals surface area contributed by atoms with Gasteiger partial charge in [0.15, 0.2) is 0 Å². The van der Waals surface area contributed by atoms with Gasteiger partial charge in [0.2, 0.25) is 0 Å². The van der Waals surface area contributed by atoms with Crippen LogP contribution in [0.1, 0.15) is 32.3 Å². The summed E-state index contributed by atoms with van der Waals surface area (Å²) >= 11 is 3.36. The van der Waals surface area contributed by atoms with Crippen molar-refractivity contribution in [2.24, 2.45) is 10.9 Å². The molecule has 2 rings (SSSR count). The Morgan fingerprint density at radius 1 is 1.08 bits per heavy atom. The molecule has 0 N–H and O–H groups in total. The predicted molar refractivity (Wildman–Crippen MR) is 116 cm³/mol. The Morgan fingerprint density at radius 3 is 2.42 bits per heavy atom. The van der Waals surface area contributed by atoms with Gasteiger partial charge < -0.3 is 0 Å². The molecule has 26 heavy (non-hydrogen) atoms. The quantitative estimate of drug-likeness (QED) is 0.200. The van der Waals surface area contributed by atoms with Crippen LogP contribution in [-0.2, 0) is 0 Å². The fraction of sp³-hybridized carbons (Fsp3) is 0.318. The summed E-state index contributed by atoms with van der Waals surface area (Å²) in [4.78, 5) is 5.80. The summed E-state index contributed by atoms with van der Waals surface area (Å²) in [6, 6.07) is 14.8. The lowest BCUT2D eigenvalue weighted by molar-refractivity contribution is 0.579. The number of halogens is 1. The Kier molecular flexibility index (Phi) is 8.99. The molecule has 0 bridgehead atoms. The zero-order chi connectivity index (χ0) is 18.8. The van der Waals surface area contributed by atoms with Crippen LogP contribution in [0, 0.1) is 18.7 Å². The predicted octanol–water partition coefficient (Wildman–Crippen LogP) is 7.64. The lowest BCUT2D eigenvalue weighted by Crippen LogP contribution is -1.93. The van der Waals surface area contributed by atoms with Gasteiger partial charge in [-0.25, -0.2) is 9.38 Å². The molecular weight excluding hydrogens is 361 g/mol. The van der Waals surface area contributed by atoms with E-state index in [0.717, 1.165) is 27.3 Å². The van der Waals surface area contributed by atoms with Crippen LogP contribution < -0.4 is 0 Å². The maximum atomic E-state index is 13.0. The number of thioether (sulfide) groups is 2. The summed E-state index contributed by atoms with van der Waals surface area (Å²) in [5, 5.41) is 3.03. The summed E-state index contributed by atoms with van der Waals surface area (Å²) in [6.45, 7) is 6.59. The third kappa shape index (κ3) is 8.24. The smallest absolute Gasteiger partial charge is 0.123 e. The molecule has 0 aliphatic carbocycles. The topological polar surface area (TPSA) is 12.4 Å². The number of hydrogen-bond donors (Lipinski definition) is 0. The average molecular weight is 388 g/mol. The molecule has 0 saturated heterocycles. The van der Waals surface area contributed by atoms with Gasteiger partial charge in [0.1, 0.15) is 5.82 Å². The van der Waals surface area contributed by atoms with E-state index in [2.05, 4.69) is 32.9 Å². The lowest BCUT2D eigenvalue weighted by Gasteiger charge is -2.05. The Balaban J connectivity index is 2.02. The lowest BCUT2D eigenvalue weighted by atomic mass is 10.1. The maximum absolute atomic E-state index is 13.0. The number of aliphatic imine (C=N–C) groups is 1. The molecular formula is C22H26FNS2. The van der Waals surface area contributed by atoms with Crippen LogP contribution in [0.2, 0.25) is 0 Å². The SMILES string of the molecule is Cc1ccc(N=C(C=CSc2ccc(F)cc2)SCCCC(C)C)cc1. The van der Waals surface area contributed by atoms with Gasteiger partial charge in [0.05, 0.1) is 10.7 Å². The first kappa shape index (κ1) is 20.8. The molecule has 2 aromatic carbocycles. The van der Waals surface area contributed by atoms with Gasteiger partial charge in [-0.15, -0.1) is 11.8 Å². The molecule has 0 aromatic heterocycles. The van der Waals surface area contributed by atoms with Crippen LogP contribution >= 0.6 is 23.5 Å². The van der Waals surface area contributed by atoms with E-state index in [4.69, 9.17) is 4.99 Å². The molecule has 2 aromatic rings. The fourth-order valence-electron chi connectivity index (χ4n) is 2.22. The third-order valence-corrected chi connectivity index (χ3v) is 5.51. The highest BCUT2D eigenvalue weighted by molar-refractivity contribution is 8.14. The molecule has 0 fully saturated rings. The van der Waals surface area contributed by atoms with Crippen molar-refractivity contribution >= 4 is 34.3 Å². The molecule has 0 heterocycles. The molecule has 0 spiro atoms. The van der Waals surface area contributed by atoms with Gasteiger partial charge in [-0.3, -0.25) is 0 Å². The number of benzene rings is 2. The van der Waals surface area contributed by atoms with E-state index < -0.39 is 0 Å². The van der Waals surface area contributed by atoms with E-state index in [0.29, 0.717) is 0 Å². The second-order valence-corrected chi connectivity index (χ2v) is 8.64. The van der Waals surface area contributed by atoms with Crippen molar-refractivity contribution in [3.8, 4) is 0 Å². The molecule has 1 nitrogen and oxygen atoms in total. The van der Waals surface area contributed by atoms with Gasteiger partial charge in [0, 0.05) is 4.90 Å². The van der Waals surface area contributed by atoms with E-state index in [-0.39, 0.29) is 5.82 Å². The highest BCUT2D eigenvalue weighted by atomic mass is 32.2. The van der Waals surface area contributed by atoms with Crippen molar-refractivity contribution in [2.45, 2.75) is 38.5 Å². The van der Waals surface area contributed by atoms with Crippen molar-refractivity contribution in [3.05, 3.63) is 71.4 Å². The molecule has 138 valence electrons. The van der Waals surface area contributed by atoms with Gasteiger partial charge in [-0.2, -0.15) is 0 Å². The Hall–Kier alpha value is -1.52. The molecule has 0 aliphatic heterocycles. The normalized spacial score (nSPS) is 12.3. The first-order chi connectivity index (χ1) is 12.5. The summed E-state index contributed by atoms with van der Waals surface area (Å²) in [7, 11) is 0. The number of aryl methyl sites for hydroxylation is 1. The molecule has 0 atom stereocenters. The Bertz CT molecular complexity index is 719. The van der Waals surface area contributed by atoms with E-state index in [1.165, 1.54) is 30.5 Å². The van der Waals surface area contributed by atoms with Gasteiger partial charge in [0.25, 0.3) is 0 Å². The minimum atomic E-state index is -0.208. The molecule has 0 amide bonds. The van der Waals surface area contributed by atoms with E-state index in [9.17, 15) is 4.39 Å². The van der Waals surface area contributed by atoms with E-state index in [1.54, 1.807) is 35.7 Å². The molecule has 4 heteroatoms. The molecule has 0 unspecified atom stereocenters. The maximum Gasteiger partial charge on any atom is 0.123 e. The Labute approximate surface area is 165 Å². The first-order valence-corrected chi connectivity index (χ1v) is 10.8. The molecule has 0 saturated carbocycles. The summed E-state index contributed by atoms with van der Waals surface area (Å²) < 4.78 is 13.0. The number of rotatable bonds is 8. The van der Waals surface area contributed by atoms with E-state index >= 15 is 0 Å². The highest BCUT2D eigenvalue weighted by Crippen LogP contribution is 2.22. The number of hydrogen-bond acceptors (Lipinski definition) is 3. The van der Waals surface area contributed by atoms with Crippen LogP contribution in [0.5, 0.6) is 0 Å². The van der Waals surface area contributed by atoms with Gasteiger partial charge in [-0.1, -0.05) is 49.7 Å². The number of nitrogens with zero attached hydrogens (tertiary/aromatic N) is 1. The zero-order valence-corrected chi connectivity index (χ0v) is 17.2. The second-order valence-electron chi connectivity index (χ2n) is 6.54. The minimum absolute atomic E-state index is 0.208. The van der Waals surface area contributed by atoms with Crippen LogP contribution in [-0.4, -0.2) is 10.8 Å². The second kappa shape index (κ2) is 11.2. The van der Waals surface area contributed by atoms with Gasteiger partial charge in [-0.05, 0) is 72.9 Å². The summed E-state index contributed by atoms with van der Waals surface area (Å²) in [5.41, 5.74) is 2.20. The standard InChI is InChI=1S/C22H26FNS2/c1-17(2)5-4-15-26-22(24-20-10-6-18(3)7-11-20)14-16-25-21-12-8-19(23)9-13-21/h6-14,16-17H,4-5,15H2,1-3H3. The van der Waals surface area contributed by atoms with Crippen LogP contribution in [0.3, 0.4) is 0 Å². The van der Waals surface area contributed by atoms with E-state index in [1.807, 2.05) is 23.6 Å². The fourth-order valence-corrected chi connectivity index (χ4v) is 3.80. The van der Waals surface area contributed by atoms with Crippen molar-refractivity contribution in [3.63, 3.8) is 0 Å². The van der Waals surface area contributed by atoms with Crippen molar-refractivity contribution < 1.29 is 4.39 Å². The van der Waals surface area contributed by atoms with Crippen molar-refractivity contribution in [2.75, 3.05) is 5.75 Å². The Morgan fingerprint density at radius 2 is 1.77 bits per heavy atom. The highest BCUT2D eigenvalue weighted by Gasteiger charge is 2.00. The zero-order valence-electron chi connectivity index (χ0n) is 15.6. The molecule has 0 radical (unpaired) electrons. The van der Waals surface area contributed by atoms with Crippen molar-refractivity contribution in [1.29, 1.82) is 0 Å². The minimum Gasteiger partial charge on any atom is -0.242 e. The molecule has 0 aliphatic rings. The van der Waals surface area contributed by atoms with Crippen molar-refractivity contribution in [1.82, 2.24) is 0 Å².